The molecule has 0 aromatic carbocycles. The smallest absolute Gasteiger partial charge is 0.0167 e. The fourth-order valence-electron chi connectivity index (χ4n) is 1.12. The van der Waals surface area contributed by atoms with Gasteiger partial charge < -0.3 is 10.6 Å². The maximum Gasteiger partial charge on any atom is 0.0167 e. The van der Waals surface area contributed by atoms with Gasteiger partial charge in [-0.05, 0) is 13.8 Å². The molecule has 2 nitrogen and oxygen atoms in total. The Morgan fingerprint density at radius 1 is 1.11 bits per heavy atom. The first-order valence-corrected chi connectivity index (χ1v) is 3.26. The van der Waals surface area contributed by atoms with Gasteiger partial charge in [0.15, 0.2) is 0 Å². The van der Waals surface area contributed by atoms with Crippen LogP contribution in [0.3, 0.4) is 0 Å². The summed E-state index contributed by atoms with van der Waals surface area (Å²) < 4.78 is 0. The lowest BCUT2D eigenvalue weighted by molar-refractivity contribution is 0.370. The Morgan fingerprint density at radius 3 is 1.78 bits per heavy atom. The molecule has 56 valence electrons. The van der Waals surface area contributed by atoms with E-state index < -0.39 is 0 Å². The zero-order chi connectivity index (χ0) is 5.98. The van der Waals surface area contributed by atoms with E-state index in [2.05, 4.69) is 24.5 Å². The molecule has 0 amide bonds. The van der Waals surface area contributed by atoms with Crippen molar-refractivity contribution < 1.29 is 0 Å². The van der Waals surface area contributed by atoms with E-state index in [4.69, 9.17) is 0 Å². The first-order valence-electron chi connectivity index (χ1n) is 3.26. The number of nitrogens with one attached hydrogen (secondary N) is 2. The minimum Gasteiger partial charge on any atom is -0.314 e. The molecule has 0 bridgehead atoms. The summed E-state index contributed by atoms with van der Waals surface area (Å²) in [5.74, 6) is 0. The molecule has 1 rings (SSSR count). The largest absolute Gasteiger partial charge is 0.314 e. The highest BCUT2D eigenvalue weighted by Crippen LogP contribution is 1.90. The maximum atomic E-state index is 3.42. The highest BCUT2D eigenvalue weighted by molar-refractivity contribution is 5.85. The van der Waals surface area contributed by atoms with Crippen LogP contribution < -0.4 is 10.6 Å². The second-order valence-corrected chi connectivity index (χ2v) is 2.63. The second-order valence-electron chi connectivity index (χ2n) is 2.63. The molecule has 0 unspecified atom stereocenters. The summed E-state index contributed by atoms with van der Waals surface area (Å²) in [7, 11) is 0. The Morgan fingerprint density at radius 2 is 1.56 bits per heavy atom. The molecule has 1 saturated heterocycles. The van der Waals surface area contributed by atoms with Gasteiger partial charge in [0, 0.05) is 25.2 Å². The van der Waals surface area contributed by atoms with Gasteiger partial charge in [0.25, 0.3) is 0 Å². The molecular weight excluding hydrogens is 136 g/mol. The highest BCUT2D eigenvalue weighted by atomic mass is 35.5. The van der Waals surface area contributed by atoms with Crippen molar-refractivity contribution in [3.63, 3.8) is 0 Å². The molecule has 1 heterocycles. The third-order valence-corrected chi connectivity index (χ3v) is 1.47. The normalized spacial score (nSPS) is 35.3. The average Bonchev–Trinajstić information content (AvgIpc) is 1.64. The molecular formula is C6H15ClN2. The Balaban J connectivity index is 0.000000640. The van der Waals surface area contributed by atoms with Gasteiger partial charge in [-0.2, -0.15) is 0 Å². The predicted octanol–water partition coefficient (Wildman–Crippen LogP) is 0.378. The molecule has 0 spiro atoms. The van der Waals surface area contributed by atoms with Crippen molar-refractivity contribution in [2.75, 3.05) is 13.1 Å². The molecule has 0 aromatic rings. The van der Waals surface area contributed by atoms with E-state index in [0.29, 0.717) is 12.1 Å². The van der Waals surface area contributed by atoms with Crippen molar-refractivity contribution in [1.29, 1.82) is 0 Å². The minimum absolute atomic E-state index is 0. The van der Waals surface area contributed by atoms with Crippen LogP contribution in [0.5, 0.6) is 0 Å². The summed E-state index contributed by atoms with van der Waals surface area (Å²) >= 11 is 0. The molecule has 0 aromatic heterocycles. The van der Waals surface area contributed by atoms with Crippen LogP contribution >= 0.6 is 12.4 Å². The minimum atomic E-state index is 0. The summed E-state index contributed by atoms with van der Waals surface area (Å²) in [5, 5.41) is 6.74. The number of piperazine rings is 1. The van der Waals surface area contributed by atoms with Crippen LogP contribution in [0.2, 0.25) is 0 Å². The van der Waals surface area contributed by atoms with E-state index in [9.17, 15) is 0 Å². The Kier molecular flexibility index (Phi) is 4.19. The van der Waals surface area contributed by atoms with E-state index in [1.54, 1.807) is 0 Å². The van der Waals surface area contributed by atoms with Gasteiger partial charge in [0.1, 0.15) is 0 Å². The lowest BCUT2D eigenvalue weighted by atomic mass is 10.2. The molecule has 1 fully saturated rings. The van der Waals surface area contributed by atoms with Crippen molar-refractivity contribution >= 4 is 12.4 Å². The summed E-state index contributed by atoms with van der Waals surface area (Å²) in [5.41, 5.74) is 0. The van der Waals surface area contributed by atoms with E-state index in [-0.39, 0.29) is 12.4 Å². The zero-order valence-electron chi connectivity index (χ0n) is 5.98. The maximum absolute atomic E-state index is 3.42. The van der Waals surface area contributed by atoms with E-state index >= 15 is 0 Å². The van der Waals surface area contributed by atoms with Crippen LogP contribution in [0, 0.1) is 0 Å². The van der Waals surface area contributed by atoms with Gasteiger partial charge in [0.2, 0.25) is 0 Å². The Labute approximate surface area is 62.8 Å². The monoisotopic (exact) mass is 150 g/mol. The Bertz CT molecular complexity index is 69.5. The molecule has 0 radical (unpaired) electrons. The van der Waals surface area contributed by atoms with Crippen LogP contribution in [0.15, 0.2) is 0 Å². The molecule has 2 N–H and O–H groups in total. The van der Waals surface area contributed by atoms with Crippen molar-refractivity contribution in [3.8, 4) is 0 Å². The Hall–Kier alpha value is 0.210. The molecule has 2 atom stereocenters. The average molecular weight is 151 g/mol. The molecule has 0 saturated carbocycles. The summed E-state index contributed by atoms with van der Waals surface area (Å²) in [6.07, 6.45) is 0. The fraction of sp³-hybridized carbons (Fsp3) is 1.00. The number of halogens is 1. The lowest BCUT2D eigenvalue weighted by Gasteiger charge is -2.26. The zero-order valence-corrected chi connectivity index (χ0v) is 6.79. The first-order chi connectivity index (χ1) is 3.79. The number of hydrogen-bond acceptors (Lipinski definition) is 2. The topological polar surface area (TPSA) is 24.1 Å². The van der Waals surface area contributed by atoms with Gasteiger partial charge in [0.05, 0.1) is 0 Å². The van der Waals surface area contributed by atoms with E-state index in [1.807, 2.05) is 0 Å². The van der Waals surface area contributed by atoms with Gasteiger partial charge >= 0.3 is 0 Å². The summed E-state index contributed by atoms with van der Waals surface area (Å²) in [6, 6.07) is 1.30. The van der Waals surface area contributed by atoms with Crippen LogP contribution in [-0.4, -0.2) is 25.2 Å². The molecule has 0 aliphatic carbocycles. The van der Waals surface area contributed by atoms with Gasteiger partial charge in [-0.25, -0.2) is 0 Å². The summed E-state index contributed by atoms with van der Waals surface area (Å²) in [6.45, 7) is 6.62. The molecule has 9 heavy (non-hydrogen) atoms. The number of rotatable bonds is 0. The third kappa shape index (κ3) is 3.04. The van der Waals surface area contributed by atoms with Gasteiger partial charge in [-0.15, -0.1) is 12.4 Å². The lowest BCUT2D eigenvalue weighted by Crippen LogP contribution is -2.52. The first kappa shape index (κ1) is 9.21. The van der Waals surface area contributed by atoms with Crippen LogP contribution in [-0.2, 0) is 0 Å². The van der Waals surface area contributed by atoms with Gasteiger partial charge in [-0.3, -0.25) is 0 Å². The summed E-state index contributed by atoms with van der Waals surface area (Å²) in [4.78, 5) is 0. The number of hydrogen-bond donors (Lipinski definition) is 2. The van der Waals surface area contributed by atoms with E-state index in [0.717, 1.165) is 13.1 Å². The second kappa shape index (κ2) is 4.09. The molecule has 3 heteroatoms. The van der Waals surface area contributed by atoms with Crippen molar-refractivity contribution in [2.45, 2.75) is 25.9 Å². The van der Waals surface area contributed by atoms with Crippen LogP contribution in [0.25, 0.3) is 0 Å². The SMILES string of the molecule is C[C@@H]1CNC[C@@H](C)N1.Cl. The van der Waals surface area contributed by atoms with E-state index in [1.165, 1.54) is 0 Å². The fourth-order valence-corrected chi connectivity index (χ4v) is 1.12. The van der Waals surface area contributed by atoms with Crippen LogP contribution in [0.4, 0.5) is 0 Å². The van der Waals surface area contributed by atoms with Crippen LogP contribution in [0.1, 0.15) is 13.8 Å². The van der Waals surface area contributed by atoms with Crippen molar-refractivity contribution in [2.24, 2.45) is 0 Å². The van der Waals surface area contributed by atoms with Gasteiger partial charge in [-0.1, -0.05) is 0 Å². The standard InChI is InChI=1S/C6H14N2.ClH/c1-5-3-7-4-6(2)8-5;/h5-8H,3-4H2,1-2H3;1H/t5-,6-;/m1./s1. The quantitative estimate of drug-likeness (QED) is 0.522. The molecule has 1 aliphatic heterocycles. The third-order valence-electron chi connectivity index (χ3n) is 1.47. The predicted molar refractivity (Wildman–Crippen MR) is 42.2 cm³/mol. The highest BCUT2D eigenvalue weighted by Gasteiger charge is 2.11. The van der Waals surface area contributed by atoms with Crippen molar-refractivity contribution in [1.82, 2.24) is 10.6 Å². The molecule has 1 aliphatic rings. The van der Waals surface area contributed by atoms with Crippen molar-refractivity contribution in [3.05, 3.63) is 0 Å².